The molecule has 0 radical (unpaired) electrons. The van der Waals surface area contributed by atoms with Gasteiger partial charge < -0.3 is 9.30 Å². The normalized spacial score (nSPS) is 14.9. The first-order valence-electron chi connectivity index (χ1n) is 8.55. The van der Waals surface area contributed by atoms with E-state index in [0.717, 1.165) is 10.0 Å². The minimum atomic E-state index is -1.08. The molecule has 0 spiro atoms. The Morgan fingerprint density at radius 3 is 2.59 bits per heavy atom. The molecular weight excluding hydrogens is 420 g/mol. The van der Waals surface area contributed by atoms with Gasteiger partial charge in [-0.15, -0.1) is 0 Å². The lowest BCUT2D eigenvalue weighted by Crippen LogP contribution is -2.23. The molecule has 0 N–H and O–H groups in total. The number of pyridine rings is 1. The van der Waals surface area contributed by atoms with Gasteiger partial charge in [0.2, 0.25) is 5.43 Å². The molecule has 27 heavy (non-hydrogen) atoms. The summed E-state index contributed by atoms with van der Waals surface area (Å²) < 4.78 is 35.6. The molecular formula is C20H18BrF2NO3. The zero-order valence-electron chi connectivity index (χ0n) is 14.9. The highest BCUT2D eigenvalue weighted by Gasteiger charge is 2.25. The standard InChI is InChI=1S/C20H18BrF2NO3/c1-3-27-20(26)14-10-24(9-13-16(22)5-4-6-17(13)23)18-8-15(21)11(2)7-12(18)19(14)25/h5-8,10,13H,3-4,9H2,1-2H3. The molecule has 0 aliphatic heterocycles. The minimum Gasteiger partial charge on any atom is -0.462 e. The third kappa shape index (κ3) is 3.74. The number of carbonyl (C=O) groups excluding carboxylic acids is 1. The maximum atomic E-state index is 14.2. The van der Waals surface area contributed by atoms with Crippen LogP contribution in [0.5, 0.6) is 0 Å². The van der Waals surface area contributed by atoms with Crippen molar-refractivity contribution in [3.8, 4) is 0 Å². The highest BCUT2D eigenvalue weighted by molar-refractivity contribution is 9.10. The molecule has 1 aliphatic carbocycles. The van der Waals surface area contributed by atoms with Gasteiger partial charge in [-0.05, 0) is 50.1 Å². The number of carbonyl (C=O) groups is 1. The van der Waals surface area contributed by atoms with Crippen LogP contribution in [0, 0.1) is 12.8 Å². The SMILES string of the molecule is CCOC(=O)c1cn(CC2C(F)=CCC=C2F)c2cc(Br)c(C)cc2c1=O. The summed E-state index contributed by atoms with van der Waals surface area (Å²) in [6, 6.07) is 3.37. The number of rotatable bonds is 4. The number of aryl methyl sites for hydroxylation is 1. The van der Waals surface area contributed by atoms with Crippen LogP contribution in [-0.4, -0.2) is 17.1 Å². The first-order chi connectivity index (χ1) is 12.8. The predicted octanol–water partition coefficient (Wildman–Crippen LogP) is 4.98. The molecule has 3 rings (SSSR count). The second kappa shape index (κ2) is 7.76. The summed E-state index contributed by atoms with van der Waals surface area (Å²) in [7, 11) is 0. The number of esters is 1. The van der Waals surface area contributed by atoms with Crippen molar-refractivity contribution >= 4 is 32.8 Å². The first-order valence-corrected chi connectivity index (χ1v) is 9.34. The van der Waals surface area contributed by atoms with Crippen molar-refractivity contribution in [2.75, 3.05) is 6.61 Å². The number of ether oxygens (including phenoxy) is 1. The van der Waals surface area contributed by atoms with Crippen molar-refractivity contribution in [3.05, 3.63) is 68.0 Å². The third-order valence-electron chi connectivity index (χ3n) is 4.53. The van der Waals surface area contributed by atoms with Crippen molar-refractivity contribution in [2.45, 2.75) is 26.8 Å². The summed E-state index contributed by atoms with van der Waals surface area (Å²) in [5.74, 6) is -2.97. The smallest absolute Gasteiger partial charge is 0.343 e. The van der Waals surface area contributed by atoms with Crippen LogP contribution in [0.1, 0.15) is 29.3 Å². The largest absolute Gasteiger partial charge is 0.462 e. The van der Waals surface area contributed by atoms with Gasteiger partial charge in [0.15, 0.2) is 0 Å². The fraction of sp³-hybridized carbons (Fsp3) is 0.300. The van der Waals surface area contributed by atoms with Crippen LogP contribution >= 0.6 is 15.9 Å². The molecule has 0 saturated heterocycles. The van der Waals surface area contributed by atoms with Crippen LogP contribution < -0.4 is 5.43 Å². The lowest BCUT2D eigenvalue weighted by atomic mass is 9.99. The Morgan fingerprint density at radius 1 is 1.30 bits per heavy atom. The Hall–Kier alpha value is -2.28. The van der Waals surface area contributed by atoms with Crippen LogP contribution in [0.4, 0.5) is 8.78 Å². The number of hydrogen-bond donors (Lipinski definition) is 0. The highest BCUT2D eigenvalue weighted by atomic mass is 79.9. The Labute approximate surface area is 163 Å². The lowest BCUT2D eigenvalue weighted by molar-refractivity contribution is 0.0524. The topological polar surface area (TPSA) is 48.3 Å². The van der Waals surface area contributed by atoms with E-state index in [1.165, 1.54) is 22.9 Å². The lowest BCUT2D eigenvalue weighted by Gasteiger charge is -2.21. The molecule has 2 aromatic rings. The van der Waals surface area contributed by atoms with Crippen LogP contribution in [0.25, 0.3) is 10.9 Å². The van der Waals surface area contributed by atoms with Crippen molar-refractivity contribution in [1.29, 1.82) is 0 Å². The molecule has 1 aliphatic rings. The maximum Gasteiger partial charge on any atom is 0.343 e. The third-order valence-corrected chi connectivity index (χ3v) is 5.38. The Kier molecular flexibility index (Phi) is 5.60. The van der Waals surface area contributed by atoms with E-state index in [1.54, 1.807) is 19.1 Å². The zero-order valence-corrected chi connectivity index (χ0v) is 16.5. The first kappa shape index (κ1) is 19.5. The summed E-state index contributed by atoms with van der Waals surface area (Å²) in [4.78, 5) is 25.0. The van der Waals surface area contributed by atoms with Gasteiger partial charge in [0.1, 0.15) is 17.2 Å². The van der Waals surface area contributed by atoms with Crippen LogP contribution in [0.15, 0.2) is 51.4 Å². The minimum absolute atomic E-state index is 0.0800. The summed E-state index contributed by atoms with van der Waals surface area (Å²) >= 11 is 3.42. The molecule has 4 nitrogen and oxygen atoms in total. The van der Waals surface area contributed by atoms with Crippen LogP contribution in [0.3, 0.4) is 0 Å². The van der Waals surface area contributed by atoms with Crippen LogP contribution in [0.2, 0.25) is 0 Å². The summed E-state index contributed by atoms with van der Waals surface area (Å²) in [6.07, 6.45) is 4.17. The van der Waals surface area contributed by atoms with Gasteiger partial charge in [0, 0.05) is 22.6 Å². The number of aromatic nitrogens is 1. The van der Waals surface area contributed by atoms with E-state index in [9.17, 15) is 18.4 Å². The molecule has 1 aromatic carbocycles. The number of nitrogens with zero attached hydrogens (tertiary/aromatic N) is 1. The quantitative estimate of drug-likeness (QED) is 0.633. The van der Waals surface area contributed by atoms with E-state index in [1.807, 2.05) is 6.92 Å². The molecule has 1 heterocycles. The van der Waals surface area contributed by atoms with Gasteiger partial charge in [0.25, 0.3) is 0 Å². The Balaban J connectivity index is 2.22. The predicted molar refractivity (Wildman–Crippen MR) is 103 cm³/mol. The number of hydrogen-bond acceptors (Lipinski definition) is 3. The summed E-state index contributed by atoms with van der Waals surface area (Å²) in [6.45, 7) is 3.49. The maximum absolute atomic E-state index is 14.2. The van der Waals surface area contributed by atoms with E-state index in [2.05, 4.69) is 15.9 Å². The Bertz CT molecular complexity index is 1020. The van der Waals surface area contributed by atoms with Crippen LogP contribution in [-0.2, 0) is 11.3 Å². The Morgan fingerprint density at radius 2 is 1.96 bits per heavy atom. The van der Waals surface area contributed by atoms with Crippen molar-refractivity contribution in [2.24, 2.45) is 5.92 Å². The molecule has 0 amide bonds. The van der Waals surface area contributed by atoms with Crippen molar-refractivity contribution in [1.82, 2.24) is 4.57 Å². The van der Waals surface area contributed by atoms with Gasteiger partial charge in [-0.2, -0.15) is 0 Å². The van der Waals surface area contributed by atoms with Gasteiger partial charge in [-0.3, -0.25) is 4.79 Å². The average Bonchev–Trinajstić information content (AvgIpc) is 2.62. The zero-order chi connectivity index (χ0) is 19.7. The average molecular weight is 438 g/mol. The van der Waals surface area contributed by atoms with Gasteiger partial charge in [-0.1, -0.05) is 15.9 Å². The molecule has 7 heteroatoms. The van der Waals surface area contributed by atoms with E-state index in [4.69, 9.17) is 4.74 Å². The number of halogens is 3. The monoisotopic (exact) mass is 437 g/mol. The number of benzene rings is 1. The van der Waals surface area contributed by atoms with Crippen molar-refractivity contribution in [3.63, 3.8) is 0 Å². The molecule has 0 fully saturated rings. The van der Waals surface area contributed by atoms with Crippen molar-refractivity contribution < 1.29 is 18.3 Å². The van der Waals surface area contributed by atoms with Gasteiger partial charge in [0.05, 0.1) is 18.0 Å². The van der Waals surface area contributed by atoms with E-state index in [-0.39, 0.29) is 25.1 Å². The van der Waals surface area contributed by atoms with Gasteiger partial charge in [-0.25, -0.2) is 13.6 Å². The second-order valence-corrected chi connectivity index (χ2v) is 7.18. The fourth-order valence-electron chi connectivity index (χ4n) is 3.10. The number of fused-ring (bicyclic) bond motifs is 1. The van der Waals surface area contributed by atoms with E-state index in [0.29, 0.717) is 10.9 Å². The fourth-order valence-corrected chi connectivity index (χ4v) is 3.43. The second-order valence-electron chi connectivity index (χ2n) is 6.33. The number of allylic oxidation sites excluding steroid dienone is 4. The molecule has 1 aromatic heterocycles. The summed E-state index contributed by atoms with van der Waals surface area (Å²) in [5, 5.41) is 0.297. The highest BCUT2D eigenvalue weighted by Crippen LogP contribution is 2.31. The molecule has 0 bridgehead atoms. The molecule has 0 saturated carbocycles. The van der Waals surface area contributed by atoms with E-state index < -0.39 is 29.0 Å². The molecule has 0 atom stereocenters. The molecule has 142 valence electrons. The summed E-state index contributed by atoms with van der Waals surface area (Å²) in [5.41, 5.74) is 0.667. The van der Waals surface area contributed by atoms with E-state index >= 15 is 0 Å². The van der Waals surface area contributed by atoms with Gasteiger partial charge >= 0.3 is 5.97 Å². The molecule has 0 unspecified atom stereocenters.